The van der Waals surface area contributed by atoms with E-state index in [2.05, 4.69) is 15.7 Å². The number of carbonyl (C=O) groups excluding carboxylic acids is 1. The van der Waals surface area contributed by atoms with Gasteiger partial charge in [0, 0.05) is 12.7 Å². The number of piperidine rings is 1. The minimum Gasteiger partial charge on any atom is -0.486 e. The van der Waals surface area contributed by atoms with Gasteiger partial charge in [0.1, 0.15) is 11.4 Å². The highest BCUT2D eigenvalue weighted by molar-refractivity contribution is 6.03. The van der Waals surface area contributed by atoms with Crippen molar-refractivity contribution in [2.75, 3.05) is 18.4 Å². The number of nitrogens with one attached hydrogen (secondary N) is 2. The summed E-state index contributed by atoms with van der Waals surface area (Å²) in [5.74, 6) is 0.423. The molecule has 0 spiro atoms. The van der Waals surface area contributed by atoms with Crippen LogP contribution >= 0.6 is 12.4 Å². The Morgan fingerprint density at radius 2 is 2.08 bits per heavy atom. The molecule has 142 valence electrons. The van der Waals surface area contributed by atoms with E-state index >= 15 is 0 Å². The molecule has 0 aliphatic carbocycles. The minimum absolute atomic E-state index is 0. The smallest absolute Gasteiger partial charge is 0.276 e. The van der Waals surface area contributed by atoms with Crippen LogP contribution < -0.4 is 15.4 Å². The quantitative estimate of drug-likeness (QED) is 0.851. The maximum atomic E-state index is 12.6. The molecule has 6 nitrogen and oxygen atoms in total. The number of hydrogen-bond acceptors (Lipinski definition) is 4. The topological polar surface area (TPSA) is 68.2 Å². The second kappa shape index (κ2) is 8.56. The van der Waals surface area contributed by atoms with Gasteiger partial charge >= 0.3 is 0 Å². The van der Waals surface area contributed by atoms with Gasteiger partial charge in [-0.15, -0.1) is 12.4 Å². The Morgan fingerprint density at radius 3 is 2.77 bits per heavy atom. The molecule has 3 rings (SSSR count). The Morgan fingerprint density at radius 1 is 1.31 bits per heavy atom. The van der Waals surface area contributed by atoms with E-state index in [-0.39, 0.29) is 23.9 Å². The second-order valence-corrected chi connectivity index (χ2v) is 7.35. The maximum Gasteiger partial charge on any atom is 0.276 e. The van der Waals surface area contributed by atoms with Crippen molar-refractivity contribution >= 4 is 24.0 Å². The number of para-hydroxylation sites is 2. The van der Waals surface area contributed by atoms with E-state index < -0.39 is 0 Å². The van der Waals surface area contributed by atoms with Gasteiger partial charge in [0.05, 0.1) is 11.7 Å². The van der Waals surface area contributed by atoms with Crippen LogP contribution in [0.15, 0.2) is 36.5 Å². The van der Waals surface area contributed by atoms with Crippen LogP contribution in [0.2, 0.25) is 0 Å². The van der Waals surface area contributed by atoms with Crippen molar-refractivity contribution < 1.29 is 9.53 Å². The first-order valence-corrected chi connectivity index (χ1v) is 8.78. The molecule has 0 radical (unpaired) electrons. The van der Waals surface area contributed by atoms with Gasteiger partial charge in [-0.05, 0) is 58.4 Å². The lowest BCUT2D eigenvalue weighted by Crippen LogP contribution is -2.32. The van der Waals surface area contributed by atoms with E-state index in [1.165, 1.54) is 0 Å². The summed E-state index contributed by atoms with van der Waals surface area (Å²) in [5.41, 5.74) is 0.726. The van der Waals surface area contributed by atoms with Gasteiger partial charge in [-0.1, -0.05) is 12.1 Å². The van der Waals surface area contributed by atoms with Crippen molar-refractivity contribution in [3.8, 4) is 5.75 Å². The zero-order valence-corrected chi connectivity index (χ0v) is 16.3. The number of amides is 1. The molecule has 1 aromatic carbocycles. The summed E-state index contributed by atoms with van der Waals surface area (Å²) in [5, 5.41) is 10.7. The Balaban J connectivity index is 0.00000243. The zero-order chi connectivity index (χ0) is 17.9. The molecule has 1 aromatic heterocycles. The number of hydrogen-bond donors (Lipinski definition) is 2. The van der Waals surface area contributed by atoms with Crippen LogP contribution in [0.5, 0.6) is 5.75 Å². The largest absolute Gasteiger partial charge is 0.486 e. The molecule has 7 heteroatoms. The predicted octanol–water partition coefficient (Wildman–Crippen LogP) is 3.66. The molecule has 1 saturated heterocycles. The van der Waals surface area contributed by atoms with Gasteiger partial charge < -0.3 is 15.4 Å². The van der Waals surface area contributed by atoms with Crippen LogP contribution in [0, 0.1) is 0 Å². The first-order chi connectivity index (χ1) is 11.9. The molecular formula is C19H27ClN4O2. The van der Waals surface area contributed by atoms with Crippen molar-refractivity contribution in [3.63, 3.8) is 0 Å². The number of carbonyl (C=O) groups is 1. The average molecular weight is 379 g/mol. The van der Waals surface area contributed by atoms with Gasteiger partial charge in [-0.2, -0.15) is 5.10 Å². The Kier molecular flexibility index (Phi) is 6.67. The molecule has 1 aliphatic heterocycles. The van der Waals surface area contributed by atoms with Crippen molar-refractivity contribution in [2.45, 2.75) is 45.3 Å². The minimum atomic E-state index is -0.337. The van der Waals surface area contributed by atoms with Gasteiger partial charge in [0.2, 0.25) is 0 Å². The van der Waals surface area contributed by atoms with E-state index in [4.69, 9.17) is 4.74 Å². The molecule has 1 fully saturated rings. The summed E-state index contributed by atoms with van der Waals surface area (Å²) in [6, 6.07) is 9.52. The third-order valence-electron chi connectivity index (χ3n) is 4.04. The lowest BCUT2D eigenvalue weighted by Gasteiger charge is -2.23. The first kappa shape index (κ1) is 20.3. The standard InChI is InChI=1S/C19H26N4O2.ClH/c1-19(2,3)25-17-9-5-4-8-15(17)21-18(24)16-10-12-23(22-16)14-7-6-11-20-13-14;/h4-5,8-10,12,14,20H,6-7,11,13H2,1-3H3,(H,21,24);1H. The number of nitrogens with zero attached hydrogens (tertiary/aromatic N) is 2. The van der Waals surface area contributed by atoms with Crippen molar-refractivity contribution in [1.82, 2.24) is 15.1 Å². The summed E-state index contributed by atoms with van der Waals surface area (Å²) >= 11 is 0. The molecule has 1 aliphatic rings. The van der Waals surface area contributed by atoms with E-state index in [0.717, 1.165) is 25.9 Å². The maximum absolute atomic E-state index is 12.6. The molecule has 1 unspecified atom stereocenters. The molecule has 1 amide bonds. The number of aromatic nitrogens is 2. The van der Waals surface area contributed by atoms with E-state index in [1.54, 1.807) is 6.07 Å². The average Bonchev–Trinajstić information content (AvgIpc) is 3.06. The fraction of sp³-hybridized carbons (Fsp3) is 0.474. The number of anilines is 1. The second-order valence-electron chi connectivity index (χ2n) is 7.35. The Labute approximate surface area is 160 Å². The van der Waals surface area contributed by atoms with Gasteiger partial charge in [0.25, 0.3) is 5.91 Å². The highest BCUT2D eigenvalue weighted by Crippen LogP contribution is 2.28. The summed E-state index contributed by atoms with van der Waals surface area (Å²) in [6.45, 7) is 7.88. The number of ether oxygens (including phenoxy) is 1. The summed E-state index contributed by atoms with van der Waals surface area (Å²) < 4.78 is 7.81. The van der Waals surface area contributed by atoms with Crippen LogP contribution in [0.4, 0.5) is 5.69 Å². The predicted molar refractivity (Wildman–Crippen MR) is 105 cm³/mol. The number of benzene rings is 1. The van der Waals surface area contributed by atoms with Gasteiger partial charge in [0.15, 0.2) is 5.69 Å². The first-order valence-electron chi connectivity index (χ1n) is 8.78. The van der Waals surface area contributed by atoms with Crippen molar-refractivity contribution in [2.24, 2.45) is 0 Å². The third kappa shape index (κ3) is 5.22. The molecule has 0 saturated carbocycles. The molecule has 2 N–H and O–H groups in total. The van der Waals surface area contributed by atoms with E-state index in [1.807, 2.05) is 55.9 Å². The lowest BCUT2D eigenvalue weighted by atomic mass is 10.1. The summed E-state index contributed by atoms with van der Waals surface area (Å²) in [6.07, 6.45) is 4.09. The van der Waals surface area contributed by atoms with Crippen LogP contribution in [0.3, 0.4) is 0 Å². The van der Waals surface area contributed by atoms with Crippen LogP contribution in [-0.2, 0) is 0 Å². The SMILES string of the molecule is CC(C)(C)Oc1ccccc1NC(=O)c1ccn(C2CCCNC2)n1.Cl. The van der Waals surface area contributed by atoms with Crippen LogP contribution in [-0.4, -0.2) is 34.4 Å². The Hall–Kier alpha value is -2.05. The fourth-order valence-electron chi connectivity index (χ4n) is 2.90. The van der Waals surface area contributed by atoms with Crippen LogP contribution in [0.25, 0.3) is 0 Å². The molecule has 1 atom stereocenters. The summed E-state index contributed by atoms with van der Waals surface area (Å²) in [7, 11) is 0. The highest BCUT2D eigenvalue weighted by Gasteiger charge is 2.19. The highest BCUT2D eigenvalue weighted by atomic mass is 35.5. The van der Waals surface area contributed by atoms with E-state index in [0.29, 0.717) is 23.2 Å². The van der Waals surface area contributed by atoms with Crippen molar-refractivity contribution in [1.29, 1.82) is 0 Å². The third-order valence-corrected chi connectivity index (χ3v) is 4.04. The van der Waals surface area contributed by atoms with Crippen molar-refractivity contribution in [3.05, 3.63) is 42.2 Å². The normalized spacial score (nSPS) is 17.3. The van der Waals surface area contributed by atoms with Gasteiger partial charge in [-0.25, -0.2) is 0 Å². The zero-order valence-electron chi connectivity index (χ0n) is 15.5. The molecule has 2 heterocycles. The van der Waals surface area contributed by atoms with E-state index in [9.17, 15) is 4.79 Å². The fourth-order valence-corrected chi connectivity index (χ4v) is 2.90. The Bertz CT molecular complexity index is 733. The number of halogens is 1. The molecule has 26 heavy (non-hydrogen) atoms. The monoisotopic (exact) mass is 378 g/mol. The molecule has 0 bridgehead atoms. The molecular weight excluding hydrogens is 352 g/mol. The summed E-state index contributed by atoms with van der Waals surface area (Å²) in [4.78, 5) is 12.6. The molecule has 2 aromatic rings. The van der Waals surface area contributed by atoms with Crippen LogP contribution in [0.1, 0.15) is 50.1 Å². The van der Waals surface area contributed by atoms with Gasteiger partial charge in [-0.3, -0.25) is 9.48 Å². The lowest BCUT2D eigenvalue weighted by molar-refractivity contribution is 0.101. The number of rotatable bonds is 4.